The van der Waals surface area contributed by atoms with Crippen LogP contribution in [0.4, 0.5) is 5.69 Å². The number of hydrogen-bond acceptors (Lipinski definition) is 5. The Morgan fingerprint density at radius 3 is 3.06 bits per heavy atom. The van der Waals surface area contributed by atoms with Gasteiger partial charge in [0.25, 0.3) is 5.56 Å². The molecule has 0 fully saturated rings. The first-order valence-electron chi connectivity index (χ1n) is 5.38. The number of rotatable bonds is 2. The van der Waals surface area contributed by atoms with Crippen LogP contribution in [-0.2, 0) is 6.54 Å². The van der Waals surface area contributed by atoms with Gasteiger partial charge in [0.15, 0.2) is 5.58 Å². The third kappa shape index (κ3) is 1.84. The third-order valence-corrected chi connectivity index (χ3v) is 2.55. The highest BCUT2D eigenvalue weighted by Crippen LogP contribution is 2.18. The first-order valence-corrected chi connectivity index (χ1v) is 5.38. The molecule has 0 radical (unpaired) electrons. The van der Waals surface area contributed by atoms with Gasteiger partial charge in [-0.25, -0.2) is 9.97 Å². The summed E-state index contributed by atoms with van der Waals surface area (Å²) in [4.78, 5) is 19.7. The van der Waals surface area contributed by atoms with Crippen LogP contribution in [0.5, 0.6) is 0 Å². The van der Waals surface area contributed by atoms with Gasteiger partial charge in [-0.15, -0.1) is 0 Å². The Bertz CT molecular complexity index is 760. The quantitative estimate of drug-likeness (QED) is 0.678. The summed E-state index contributed by atoms with van der Waals surface area (Å²) in [5.41, 5.74) is 7.47. The smallest absolute Gasteiger partial charge is 0.253 e. The Hall–Kier alpha value is -2.63. The molecule has 0 bridgehead atoms. The summed E-state index contributed by atoms with van der Waals surface area (Å²) in [5.74, 6) is 0.450. The summed E-state index contributed by atoms with van der Waals surface area (Å²) in [5, 5.41) is 0. The highest BCUT2D eigenvalue weighted by Gasteiger charge is 2.07. The molecule has 0 unspecified atom stereocenters. The maximum atomic E-state index is 11.5. The molecule has 1 aromatic carbocycles. The molecule has 0 aliphatic carbocycles. The van der Waals surface area contributed by atoms with Gasteiger partial charge in [0.1, 0.15) is 12.1 Å². The minimum Gasteiger partial charge on any atom is -0.439 e. The molecule has 0 amide bonds. The average molecular weight is 242 g/mol. The first-order chi connectivity index (χ1) is 8.72. The van der Waals surface area contributed by atoms with Crippen molar-refractivity contribution in [2.45, 2.75) is 6.54 Å². The number of benzene rings is 1. The summed E-state index contributed by atoms with van der Waals surface area (Å²) in [7, 11) is 0. The monoisotopic (exact) mass is 242 g/mol. The molecule has 90 valence electrons. The van der Waals surface area contributed by atoms with Crippen molar-refractivity contribution in [3.05, 3.63) is 53.0 Å². The van der Waals surface area contributed by atoms with E-state index in [0.29, 0.717) is 22.7 Å². The van der Waals surface area contributed by atoms with Crippen molar-refractivity contribution >= 4 is 16.8 Å². The Kier molecular flexibility index (Phi) is 2.33. The molecule has 3 rings (SSSR count). The van der Waals surface area contributed by atoms with E-state index in [0.717, 1.165) is 0 Å². The number of oxazole rings is 1. The summed E-state index contributed by atoms with van der Waals surface area (Å²) in [6, 6.07) is 6.62. The van der Waals surface area contributed by atoms with E-state index < -0.39 is 0 Å². The molecule has 2 aromatic heterocycles. The Balaban J connectivity index is 2.01. The second-order valence-electron chi connectivity index (χ2n) is 3.88. The minimum atomic E-state index is -0.147. The van der Waals surface area contributed by atoms with E-state index in [2.05, 4.69) is 9.97 Å². The van der Waals surface area contributed by atoms with E-state index in [1.165, 1.54) is 23.2 Å². The van der Waals surface area contributed by atoms with E-state index in [-0.39, 0.29) is 12.1 Å². The van der Waals surface area contributed by atoms with Gasteiger partial charge in [-0.1, -0.05) is 0 Å². The highest BCUT2D eigenvalue weighted by molar-refractivity contribution is 5.76. The maximum absolute atomic E-state index is 11.5. The summed E-state index contributed by atoms with van der Waals surface area (Å²) in [6.07, 6.45) is 2.90. The second-order valence-corrected chi connectivity index (χ2v) is 3.88. The molecule has 6 heteroatoms. The topological polar surface area (TPSA) is 86.9 Å². The largest absolute Gasteiger partial charge is 0.439 e. The van der Waals surface area contributed by atoms with Gasteiger partial charge in [-0.3, -0.25) is 9.36 Å². The molecule has 18 heavy (non-hydrogen) atoms. The lowest BCUT2D eigenvalue weighted by molar-refractivity contribution is 0.502. The molecule has 0 saturated carbocycles. The number of fused-ring (bicyclic) bond motifs is 1. The maximum Gasteiger partial charge on any atom is 0.253 e. The lowest BCUT2D eigenvalue weighted by Crippen LogP contribution is -2.19. The molecule has 6 nitrogen and oxygen atoms in total. The predicted octanol–water partition coefficient (Wildman–Crippen LogP) is 1.02. The van der Waals surface area contributed by atoms with E-state index >= 15 is 0 Å². The molecule has 2 N–H and O–H groups in total. The van der Waals surface area contributed by atoms with Crippen LogP contribution in [0.25, 0.3) is 11.1 Å². The Morgan fingerprint density at radius 1 is 1.33 bits per heavy atom. The molecule has 3 aromatic rings. The molecular formula is C12H10N4O2. The van der Waals surface area contributed by atoms with Crippen molar-refractivity contribution in [1.29, 1.82) is 0 Å². The fourth-order valence-corrected chi connectivity index (χ4v) is 1.70. The van der Waals surface area contributed by atoms with Gasteiger partial charge < -0.3 is 10.2 Å². The zero-order valence-electron chi connectivity index (χ0n) is 9.41. The fraction of sp³-hybridized carbons (Fsp3) is 0.0833. The zero-order chi connectivity index (χ0) is 12.5. The normalized spacial score (nSPS) is 10.9. The first kappa shape index (κ1) is 10.5. The minimum absolute atomic E-state index is 0.147. The average Bonchev–Trinajstić information content (AvgIpc) is 2.73. The Morgan fingerprint density at radius 2 is 2.22 bits per heavy atom. The second kappa shape index (κ2) is 3.99. The number of nitrogens with zero attached hydrogens (tertiary/aromatic N) is 3. The number of aromatic nitrogens is 3. The molecule has 2 heterocycles. The fourth-order valence-electron chi connectivity index (χ4n) is 1.70. The van der Waals surface area contributed by atoms with Gasteiger partial charge in [-0.2, -0.15) is 0 Å². The van der Waals surface area contributed by atoms with Crippen molar-refractivity contribution in [3.8, 4) is 0 Å². The summed E-state index contributed by atoms with van der Waals surface area (Å²) in [6.45, 7) is 0.251. The molecule has 0 atom stereocenters. The van der Waals surface area contributed by atoms with Gasteiger partial charge in [-0.05, 0) is 18.2 Å². The number of hydrogen-bond donors (Lipinski definition) is 1. The van der Waals surface area contributed by atoms with Gasteiger partial charge in [0.05, 0.1) is 6.33 Å². The van der Waals surface area contributed by atoms with Crippen LogP contribution in [0, 0.1) is 0 Å². The van der Waals surface area contributed by atoms with E-state index in [4.69, 9.17) is 10.2 Å². The van der Waals surface area contributed by atoms with E-state index in [1.54, 1.807) is 18.2 Å². The summed E-state index contributed by atoms with van der Waals surface area (Å²) >= 11 is 0. The number of nitrogens with two attached hydrogens (primary N) is 1. The molecular weight excluding hydrogens is 232 g/mol. The molecule has 0 aliphatic heterocycles. The van der Waals surface area contributed by atoms with Crippen molar-refractivity contribution < 1.29 is 4.42 Å². The molecule has 0 spiro atoms. The number of anilines is 1. The SMILES string of the molecule is Nc1ccc2oc(Cn3cnccc3=O)nc2c1. The van der Waals surface area contributed by atoms with Crippen LogP contribution in [-0.4, -0.2) is 14.5 Å². The van der Waals surface area contributed by atoms with Crippen molar-refractivity contribution in [3.63, 3.8) is 0 Å². The lowest BCUT2D eigenvalue weighted by Gasteiger charge is -1.98. The van der Waals surface area contributed by atoms with Gasteiger partial charge in [0.2, 0.25) is 5.89 Å². The standard InChI is InChI=1S/C12H10N4O2/c13-8-1-2-10-9(5-8)15-11(18-10)6-16-7-14-4-3-12(16)17/h1-5,7H,6,13H2. The van der Waals surface area contributed by atoms with Crippen LogP contribution in [0.3, 0.4) is 0 Å². The zero-order valence-corrected chi connectivity index (χ0v) is 9.41. The Labute approximate surface area is 102 Å². The van der Waals surface area contributed by atoms with Crippen LogP contribution < -0.4 is 11.3 Å². The van der Waals surface area contributed by atoms with Gasteiger partial charge >= 0.3 is 0 Å². The van der Waals surface area contributed by atoms with Crippen LogP contribution in [0.15, 0.2) is 46.0 Å². The van der Waals surface area contributed by atoms with E-state index in [9.17, 15) is 4.79 Å². The van der Waals surface area contributed by atoms with Gasteiger partial charge in [0, 0.05) is 18.0 Å². The highest BCUT2D eigenvalue weighted by atomic mass is 16.3. The molecule has 0 saturated heterocycles. The van der Waals surface area contributed by atoms with Crippen LogP contribution in [0.1, 0.15) is 5.89 Å². The number of nitrogen functional groups attached to an aromatic ring is 1. The lowest BCUT2D eigenvalue weighted by atomic mass is 10.3. The predicted molar refractivity (Wildman–Crippen MR) is 66.0 cm³/mol. The van der Waals surface area contributed by atoms with Crippen molar-refractivity contribution in [1.82, 2.24) is 14.5 Å². The van der Waals surface area contributed by atoms with Crippen molar-refractivity contribution in [2.24, 2.45) is 0 Å². The molecule has 0 aliphatic rings. The summed E-state index contributed by atoms with van der Waals surface area (Å²) < 4.78 is 6.95. The van der Waals surface area contributed by atoms with E-state index in [1.807, 2.05) is 0 Å². The van der Waals surface area contributed by atoms with Crippen LogP contribution in [0.2, 0.25) is 0 Å². The van der Waals surface area contributed by atoms with Crippen LogP contribution >= 0.6 is 0 Å². The third-order valence-electron chi connectivity index (χ3n) is 2.55. The van der Waals surface area contributed by atoms with Crippen molar-refractivity contribution in [2.75, 3.05) is 5.73 Å².